The third-order valence-electron chi connectivity index (χ3n) is 5.58. The summed E-state index contributed by atoms with van der Waals surface area (Å²) in [7, 11) is 1.60. The Morgan fingerprint density at radius 2 is 1.75 bits per heavy atom. The average Bonchev–Trinajstić information content (AvgIpc) is 3.29. The summed E-state index contributed by atoms with van der Waals surface area (Å²) in [5.74, 6) is -0.181. The Morgan fingerprint density at radius 1 is 1.00 bits per heavy atom. The maximum Gasteiger partial charge on any atom is 0.274 e. The van der Waals surface area contributed by atoms with Crippen molar-refractivity contribution in [2.24, 2.45) is 7.05 Å². The molecular weight excluding hydrogens is 402 g/mol. The Morgan fingerprint density at radius 3 is 2.56 bits per heavy atom. The van der Waals surface area contributed by atoms with E-state index in [1.54, 1.807) is 19.4 Å². The van der Waals surface area contributed by atoms with Crippen molar-refractivity contribution >= 4 is 27.7 Å². The largest absolute Gasteiger partial charge is 0.345 e. The number of aromatic nitrogens is 4. The van der Waals surface area contributed by atoms with E-state index in [9.17, 15) is 9.59 Å². The molecule has 5 aromatic rings. The number of rotatable bonds is 5. The highest BCUT2D eigenvalue weighted by molar-refractivity contribution is 5.88. The number of aryl methyl sites for hydroxylation is 1. The highest BCUT2D eigenvalue weighted by Crippen LogP contribution is 2.25. The third-order valence-corrected chi connectivity index (χ3v) is 5.58. The molecule has 0 fully saturated rings. The van der Waals surface area contributed by atoms with Crippen molar-refractivity contribution in [1.29, 1.82) is 0 Å². The predicted molar refractivity (Wildman–Crippen MR) is 123 cm³/mol. The second-order valence-electron chi connectivity index (χ2n) is 7.69. The fraction of sp³-hybridized carbons (Fsp3) is 0.120. The summed E-state index contributed by atoms with van der Waals surface area (Å²) in [6.07, 6.45) is 1.71. The smallest absolute Gasteiger partial charge is 0.274 e. The van der Waals surface area contributed by atoms with Crippen molar-refractivity contribution in [1.82, 2.24) is 25.1 Å². The quantitative estimate of drug-likeness (QED) is 0.454. The Balaban J connectivity index is 1.49. The fourth-order valence-electron chi connectivity index (χ4n) is 4.01. The van der Waals surface area contributed by atoms with Crippen LogP contribution in [-0.2, 0) is 18.3 Å². The number of nitrogens with one attached hydrogen (secondary N) is 2. The number of imidazole rings is 1. The summed E-state index contributed by atoms with van der Waals surface area (Å²) in [6, 6.07) is 22.6. The van der Waals surface area contributed by atoms with Crippen LogP contribution < -0.4 is 10.9 Å². The van der Waals surface area contributed by atoms with E-state index >= 15 is 0 Å². The Labute approximate surface area is 183 Å². The molecule has 0 aliphatic rings. The van der Waals surface area contributed by atoms with Crippen molar-refractivity contribution in [3.8, 4) is 0 Å². The molecule has 0 aliphatic carbocycles. The van der Waals surface area contributed by atoms with Gasteiger partial charge in [-0.3, -0.25) is 9.59 Å². The van der Waals surface area contributed by atoms with Crippen molar-refractivity contribution in [2.45, 2.75) is 12.5 Å². The number of benzene rings is 3. The second-order valence-corrected chi connectivity index (χ2v) is 7.69. The molecule has 1 unspecified atom stereocenters. The topological polar surface area (TPSA) is 92.7 Å². The molecule has 2 aromatic heterocycles. The summed E-state index contributed by atoms with van der Waals surface area (Å²) in [5, 5.41) is 8.76. The van der Waals surface area contributed by atoms with Crippen LogP contribution in [0.25, 0.3) is 21.8 Å². The summed E-state index contributed by atoms with van der Waals surface area (Å²) < 4.78 is 1.28. The van der Waals surface area contributed by atoms with Crippen LogP contribution in [0.15, 0.2) is 83.9 Å². The molecule has 0 spiro atoms. The number of hydrogen-bond donors (Lipinski definition) is 2. The van der Waals surface area contributed by atoms with Gasteiger partial charge in [0.1, 0.15) is 0 Å². The van der Waals surface area contributed by atoms with E-state index in [4.69, 9.17) is 0 Å². The molecule has 1 amide bonds. The first-order valence-corrected chi connectivity index (χ1v) is 10.3. The molecule has 0 bridgehead atoms. The van der Waals surface area contributed by atoms with E-state index in [1.165, 1.54) is 4.68 Å². The van der Waals surface area contributed by atoms with E-state index in [2.05, 4.69) is 20.4 Å². The number of nitrogens with zero attached hydrogens (tertiary/aromatic N) is 3. The van der Waals surface area contributed by atoms with Gasteiger partial charge in [0.25, 0.3) is 5.56 Å². The summed E-state index contributed by atoms with van der Waals surface area (Å²) in [6.45, 7) is 0. The zero-order chi connectivity index (χ0) is 22.1. The number of carbonyl (C=O) groups is 1. The van der Waals surface area contributed by atoms with E-state index < -0.39 is 0 Å². The maximum atomic E-state index is 13.2. The standard InChI is InChI=1S/C25H21N5O2/c1-30-25(32)19-10-6-5-9-18(19)21(29-30)14-23(31)28-24(16-7-3-2-4-8-16)17-11-12-20-22(13-17)27-15-26-20/h2-13,15,24H,14H2,1H3,(H,26,27)(H,28,31). The average molecular weight is 423 g/mol. The number of fused-ring (bicyclic) bond motifs is 2. The van der Waals surface area contributed by atoms with Gasteiger partial charge in [0.2, 0.25) is 5.91 Å². The minimum absolute atomic E-state index is 0.0598. The molecular formula is C25H21N5O2. The normalized spacial score (nSPS) is 12.2. The fourth-order valence-corrected chi connectivity index (χ4v) is 4.01. The predicted octanol–water partition coefficient (Wildman–Crippen LogP) is 3.26. The molecule has 2 heterocycles. The van der Waals surface area contributed by atoms with Crippen LogP contribution in [0.3, 0.4) is 0 Å². The van der Waals surface area contributed by atoms with Crippen molar-refractivity contribution in [3.63, 3.8) is 0 Å². The first-order valence-electron chi connectivity index (χ1n) is 10.3. The second kappa shape index (κ2) is 8.11. The van der Waals surface area contributed by atoms with Crippen LogP contribution >= 0.6 is 0 Å². The number of carbonyl (C=O) groups excluding carboxylic acids is 1. The molecule has 3 aromatic carbocycles. The SMILES string of the molecule is Cn1nc(CC(=O)NC(c2ccccc2)c2ccc3nc[nH]c3c2)c2ccccc2c1=O. The lowest BCUT2D eigenvalue weighted by Gasteiger charge is -2.20. The minimum Gasteiger partial charge on any atom is -0.345 e. The van der Waals surface area contributed by atoms with Crippen molar-refractivity contribution < 1.29 is 4.79 Å². The monoisotopic (exact) mass is 423 g/mol. The molecule has 5 rings (SSSR count). The van der Waals surface area contributed by atoms with Crippen LogP contribution in [-0.4, -0.2) is 25.7 Å². The Bertz CT molecular complexity index is 1490. The van der Waals surface area contributed by atoms with Gasteiger partial charge in [0.05, 0.1) is 40.9 Å². The van der Waals surface area contributed by atoms with Gasteiger partial charge in [-0.15, -0.1) is 0 Å². The number of amides is 1. The van der Waals surface area contributed by atoms with Gasteiger partial charge >= 0.3 is 0 Å². The van der Waals surface area contributed by atoms with Gasteiger partial charge in [-0.2, -0.15) is 5.10 Å². The first-order chi connectivity index (χ1) is 15.6. The molecule has 0 radical (unpaired) electrons. The summed E-state index contributed by atoms with van der Waals surface area (Å²) in [4.78, 5) is 33.0. The highest BCUT2D eigenvalue weighted by atomic mass is 16.2. The molecule has 158 valence electrons. The van der Waals surface area contributed by atoms with E-state index in [0.29, 0.717) is 16.5 Å². The van der Waals surface area contributed by atoms with E-state index in [0.717, 1.165) is 22.2 Å². The van der Waals surface area contributed by atoms with Crippen molar-refractivity contribution in [3.05, 3.63) is 106 Å². The highest BCUT2D eigenvalue weighted by Gasteiger charge is 2.19. The van der Waals surface area contributed by atoms with Gasteiger partial charge < -0.3 is 10.3 Å². The van der Waals surface area contributed by atoms with Gasteiger partial charge in [-0.1, -0.05) is 54.6 Å². The third kappa shape index (κ3) is 3.65. The number of aromatic amines is 1. The van der Waals surface area contributed by atoms with Crippen LogP contribution in [0, 0.1) is 0 Å². The summed E-state index contributed by atoms with van der Waals surface area (Å²) >= 11 is 0. The van der Waals surface area contributed by atoms with Crippen LogP contribution in [0.2, 0.25) is 0 Å². The molecule has 32 heavy (non-hydrogen) atoms. The lowest BCUT2D eigenvalue weighted by atomic mass is 9.98. The van der Waals surface area contributed by atoms with E-state index in [1.807, 2.05) is 66.7 Å². The van der Waals surface area contributed by atoms with E-state index in [-0.39, 0.29) is 23.9 Å². The van der Waals surface area contributed by atoms with Gasteiger partial charge in [-0.05, 0) is 29.3 Å². The maximum absolute atomic E-state index is 13.2. The number of hydrogen-bond acceptors (Lipinski definition) is 4. The lowest BCUT2D eigenvalue weighted by molar-refractivity contribution is -0.121. The molecule has 0 aliphatic heterocycles. The minimum atomic E-state index is -0.338. The molecule has 0 saturated heterocycles. The molecule has 1 atom stereocenters. The van der Waals surface area contributed by atoms with Crippen LogP contribution in [0.1, 0.15) is 22.9 Å². The van der Waals surface area contributed by atoms with Gasteiger partial charge in [-0.25, -0.2) is 9.67 Å². The zero-order valence-corrected chi connectivity index (χ0v) is 17.4. The summed E-state index contributed by atoms with van der Waals surface area (Å²) in [5.41, 5.74) is 4.07. The van der Waals surface area contributed by atoms with Crippen molar-refractivity contribution in [2.75, 3.05) is 0 Å². The van der Waals surface area contributed by atoms with Crippen LogP contribution in [0.4, 0.5) is 0 Å². The first kappa shape index (κ1) is 19.7. The zero-order valence-electron chi connectivity index (χ0n) is 17.4. The molecule has 2 N–H and O–H groups in total. The van der Waals surface area contributed by atoms with Gasteiger partial charge in [0, 0.05) is 12.4 Å². The molecule has 7 nitrogen and oxygen atoms in total. The van der Waals surface area contributed by atoms with Gasteiger partial charge in [0.15, 0.2) is 0 Å². The number of H-pyrrole nitrogens is 1. The molecule has 7 heteroatoms. The molecule has 0 saturated carbocycles. The Kier molecular flexibility index (Phi) is 4.99. The Hall–Kier alpha value is -4.26. The lowest BCUT2D eigenvalue weighted by Crippen LogP contribution is -2.32. The van der Waals surface area contributed by atoms with Crippen LogP contribution in [0.5, 0.6) is 0 Å².